The summed E-state index contributed by atoms with van der Waals surface area (Å²) in [4.78, 5) is 10.4. The van der Waals surface area contributed by atoms with Crippen LogP contribution in [0, 0.1) is 6.92 Å². The number of hydrogen-bond donors (Lipinski definition) is 2. The number of rotatable bonds is 9. The zero-order chi connectivity index (χ0) is 17.2. The number of nitrogens with zero attached hydrogens (tertiary/aromatic N) is 3. The molecule has 0 radical (unpaired) electrons. The van der Waals surface area contributed by atoms with Crippen LogP contribution in [0.5, 0.6) is 0 Å². The molecule has 140 valence electrons. The Hall–Kier alpha value is -1.09. The zero-order valence-electron chi connectivity index (χ0n) is 15.4. The molecule has 0 saturated carbocycles. The quantitative estimate of drug-likeness (QED) is 0.250. The Morgan fingerprint density at radius 2 is 2.20 bits per heavy atom. The molecule has 0 fully saturated rings. The van der Waals surface area contributed by atoms with Crippen LogP contribution >= 0.6 is 35.3 Å². The SMILES string of the molecule is CCNC(=NCC(C)c1cccs1)NCCCCn1ccnc1C.I. The van der Waals surface area contributed by atoms with Crippen LogP contribution in [0.15, 0.2) is 34.9 Å². The number of hydrogen-bond acceptors (Lipinski definition) is 3. The van der Waals surface area contributed by atoms with Crippen molar-refractivity contribution in [2.24, 2.45) is 4.99 Å². The Morgan fingerprint density at radius 3 is 2.84 bits per heavy atom. The van der Waals surface area contributed by atoms with Gasteiger partial charge in [-0.3, -0.25) is 4.99 Å². The highest BCUT2D eigenvalue weighted by Crippen LogP contribution is 2.20. The van der Waals surface area contributed by atoms with Crippen molar-refractivity contribution in [2.75, 3.05) is 19.6 Å². The average molecular weight is 475 g/mol. The first-order valence-corrected chi connectivity index (χ1v) is 9.62. The standard InChI is InChI=1S/C18H29N5S.HI/c1-4-19-18(22-14-15(2)17-8-7-13-24-17)21-9-5-6-11-23-12-10-20-16(23)3;/h7-8,10,12-13,15H,4-6,9,11,14H2,1-3H3,(H2,19,21,22);1H. The van der Waals surface area contributed by atoms with Gasteiger partial charge < -0.3 is 15.2 Å². The van der Waals surface area contributed by atoms with Gasteiger partial charge in [-0.1, -0.05) is 13.0 Å². The highest BCUT2D eigenvalue weighted by atomic mass is 127. The summed E-state index contributed by atoms with van der Waals surface area (Å²) in [6.07, 6.45) is 6.15. The third kappa shape index (κ3) is 7.77. The number of nitrogens with one attached hydrogen (secondary N) is 2. The smallest absolute Gasteiger partial charge is 0.191 e. The molecule has 0 aliphatic rings. The van der Waals surface area contributed by atoms with Gasteiger partial charge in [-0.15, -0.1) is 35.3 Å². The molecule has 0 aromatic carbocycles. The third-order valence-electron chi connectivity index (χ3n) is 3.94. The second kappa shape index (κ2) is 12.3. The van der Waals surface area contributed by atoms with Crippen molar-refractivity contribution in [2.45, 2.75) is 46.1 Å². The second-order valence-corrected chi connectivity index (χ2v) is 6.92. The fourth-order valence-corrected chi connectivity index (χ4v) is 3.26. The van der Waals surface area contributed by atoms with Crippen molar-refractivity contribution in [1.29, 1.82) is 0 Å². The molecule has 2 aromatic rings. The molecule has 2 N–H and O–H groups in total. The molecule has 7 heteroatoms. The minimum absolute atomic E-state index is 0. The Balaban J connectivity index is 0.00000312. The summed E-state index contributed by atoms with van der Waals surface area (Å²) >= 11 is 1.80. The molecule has 2 heterocycles. The highest BCUT2D eigenvalue weighted by Gasteiger charge is 2.06. The van der Waals surface area contributed by atoms with E-state index < -0.39 is 0 Å². The molecule has 0 bridgehead atoms. The van der Waals surface area contributed by atoms with Gasteiger partial charge in [-0.05, 0) is 38.1 Å². The van der Waals surface area contributed by atoms with Crippen molar-refractivity contribution in [3.05, 3.63) is 40.6 Å². The lowest BCUT2D eigenvalue weighted by molar-refractivity contribution is 0.588. The van der Waals surface area contributed by atoms with Crippen molar-refractivity contribution in [3.63, 3.8) is 0 Å². The van der Waals surface area contributed by atoms with Crippen molar-refractivity contribution >= 4 is 41.3 Å². The van der Waals surface area contributed by atoms with Gasteiger partial charge in [0.1, 0.15) is 5.82 Å². The minimum Gasteiger partial charge on any atom is -0.357 e. The monoisotopic (exact) mass is 475 g/mol. The zero-order valence-corrected chi connectivity index (χ0v) is 18.5. The van der Waals surface area contributed by atoms with E-state index in [0.29, 0.717) is 5.92 Å². The molecular weight excluding hydrogens is 445 g/mol. The van der Waals surface area contributed by atoms with Crippen molar-refractivity contribution < 1.29 is 0 Å². The van der Waals surface area contributed by atoms with Crippen molar-refractivity contribution in [1.82, 2.24) is 20.2 Å². The number of imidazole rings is 1. The van der Waals surface area contributed by atoms with Crippen molar-refractivity contribution in [3.8, 4) is 0 Å². The molecule has 25 heavy (non-hydrogen) atoms. The van der Waals surface area contributed by atoms with Crippen LogP contribution < -0.4 is 10.6 Å². The van der Waals surface area contributed by atoms with Gasteiger partial charge in [-0.2, -0.15) is 0 Å². The van der Waals surface area contributed by atoms with Gasteiger partial charge in [0, 0.05) is 42.8 Å². The Labute approximate surface area is 172 Å². The first-order valence-electron chi connectivity index (χ1n) is 8.74. The van der Waals surface area contributed by atoms with Gasteiger partial charge in [0.2, 0.25) is 0 Å². The highest BCUT2D eigenvalue weighted by molar-refractivity contribution is 14.0. The molecule has 1 unspecified atom stereocenters. The van der Waals surface area contributed by atoms with Gasteiger partial charge >= 0.3 is 0 Å². The summed E-state index contributed by atoms with van der Waals surface area (Å²) in [6.45, 7) is 10.0. The van der Waals surface area contributed by atoms with E-state index in [2.05, 4.69) is 51.5 Å². The second-order valence-electron chi connectivity index (χ2n) is 5.94. The predicted octanol–water partition coefficient (Wildman–Crippen LogP) is 4.01. The molecule has 1 atom stereocenters. The summed E-state index contributed by atoms with van der Waals surface area (Å²) in [7, 11) is 0. The summed E-state index contributed by atoms with van der Waals surface area (Å²) in [5, 5.41) is 8.88. The fraction of sp³-hybridized carbons (Fsp3) is 0.556. The molecule has 0 amide bonds. The van der Waals surface area contributed by atoms with Gasteiger partial charge in [0.25, 0.3) is 0 Å². The van der Waals surface area contributed by atoms with Gasteiger partial charge in [0.05, 0.1) is 6.54 Å². The molecule has 0 aliphatic carbocycles. The van der Waals surface area contributed by atoms with E-state index in [1.807, 2.05) is 19.3 Å². The summed E-state index contributed by atoms with van der Waals surface area (Å²) in [6, 6.07) is 4.29. The summed E-state index contributed by atoms with van der Waals surface area (Å²) in [5.74, 6) is 2.46. The van der Waals surface area contributed by atoms with E-state index in [-0.39, 0.29) is 24.0 Å². The van der Waals surface area contributed by atoms with Crippen LogP contribution in [0.25, 0.3) is 0 Å². The number of aromatic nitrogens is 2. The fourth-order valence-electron chi connectivity index (χ4n) is 2.49. The number of guanidine groups is 1. The maximum absolute atomic E-state index is 4.72. The molecule has 0 spiro atoms. The third-order valence-corrected chi connectivity index (χ3v) is 5.04. The normalized spacial score (nSPS) is 12.5. The minimum atomic E-state index is 0. The van der Waals surface area contributed by atoms with Crippen LogP contribution in [-0.4, -0.2) is 35.1 Å². The Morgan fingerprint density at radius 1 is 1.36 bits per heavy atom. The number of aryl methyl sites for hydroxylation is 2. The van der Waals surface area contributed by atoms with E-state index >= 15 is 0 Å². The molecule has 0 aliphatic heterocycles. The maximum Gasteiger partial charge on any atom is 0.191 e. The lowest BCUT2D eigenvalue weighted by Gasteiger charge is -2.13. The molecule has 2 aromatic heterocycles. The van der Waals surface area contributed by atoms with E-state index in [1.165, 1.54) is 4.88 Å². The largest absolute Gasteiger partial charge is 0.357 e. The Kier molecular flexibility index (Phi) is 10.8. The van der Waals surface area contributed by atoms with E-state index in [0.717, 1.165) is 50.8 Å². The van der Waals surface area contributed by atoms with Crippen LogP contribution in [0.2, 0.25) is 0 Å². The Bertz CT molecular complexity index is 609. The van der Waals surface area contributed by atoms with E-state index in [9.17, 15) is 0 Å². The van der Waals surface area contributed by atoms with Crippen LogP contribution in [0.3, 0.4) is 0 Å². The average Bonchev–Trinajstić information content (AvgIpc) is 3.24. The molecule has 2 rings (SSSR count). The number of aliphatic imine (C=N–C) groups is 1. The number of thiophene rings is 1. The lowest BCUT2D eigenvalue weighted by Crippen LogP contribution is -2.38. The van der Waals surface area contributed by atoms with Gasteiger partial charge in [-0.25, -0.2) is 4.98 Å². The first-order chi connectivity index (χ1) is 11.7. The van der Waals surface area contributed by atoms with E-state index in [1.54, 1.807) is 11.3 Å². The maximum atomic E-state index is 4.72. The molecule has 0 saturated heterocycles. The topological polar surface area (TPSA) is 54.2 Å². The van der Waals surface area contributed by atoms with Crippen LogP contribution in [0.4, 0.5) is 0 Å². The first kappa shape index (κ1) is 22.0. The predicted molar refractivity (Wildman–Crippen MR) is 118 cm³/mol. The lowest BCUT2D eigenvalue weighted by atomic mass is 10.1. The van der Waals surface area contributed by atoms with Crippen LogP contribution in [-0.2, 0) is 6.54 Å². The summed E-state index contributed by atoms with van der Waals surface area (Å²) < 4.78 is 2.20. The summed E-state index contributed by atoms with van der Waals surface area (Å²) in [5.41, 5.74) is 0. The molecular formula is C18H30IN5S. The van der Waals surface area contributed by atoms with Crippen LogP contribution in [0.1, 0.15) is 43.3 Å². The number of halogens is 1. The molecule has 5 nitrogen and oxygen atoms in total. The number of unbranched alkanes of at least 4 members (excludes halogenated alkanes) is 1. The van der Waals surface area contributed by atoms with E-state index in [4.69, 9.17) is 4.99 Å². The van der Waals surface area contributed by atoms with Gasteiger partial charge in [0.15, 0.2) is 5.96 Å².